The monoisotopic (exact) mass is 468 g/mol. The van der Waals surface area contributed by atoms with Crippen LogP contribution in [0.4, 0.5) is 8.78 Å². The third-order valence-electron chi connectivity index (χ3n) is 8.48. The lowest BCUT2D eigenvalue weighted by atomic mass is 9.63. The average molecular weight is 469 g/mol. The predicted molar refractivity (Wildman–Crippen MR) is 138 cm³/mol. The van der Waals surface area contributed by atoms with Crippen molar-refractivity contribution in [2.24, 2.45) is 17.8 Å². The van der Waals surface area contributed by atoms with E-state index in [-0.39, 0.29) is 17.5 Å². The van der Waals surface area contributed by atoms with Crippen molar-refractivity contribution < 1.29 is 13.5 Å². The largest absolute Gasteiger partial charge is 0.486 e. The Bertz CT molecular complexity index is 966. The van der Waals surface area contributed by atoms with Gasteiger partial charge in [-0.3, -0.25) is 0 Å². The van der Waals surface area contributed by atoms with Gasteiger partial charge in [-0.1, -0.05) is 70.1 Å². The van der Waals surface area contributed by atoms with Crippen LogP contribution in [-0.4, -0.2) is 6.61 Å². The van der Waals surface area contributed by atoms with Gasteiger partial charge in [-0.25, -0.2) is 8.78 Å². The van der Waals surface area contributed by atoms with Crippen molar-refractivity contribution in [2.45, 2.75) is 96.8 Å². The lowest BCUT2D eigenvalue weighted by Crippen LogP contribution is -2.30. The molecule has 0 bridgehead atoms. The summed E-state index contributed by atoms with van der Waals surface area (Å²) in [7, 11) is 0. The van der Waals surface area contributed by atoms with Crippen molar-refractivity contribution in [1.82, 2.24) is 0 Å². The molecule has 0 aromatic heterocycles. The first-order chi connectivity index (χ1) is 16.6. The van der Waals surface area contributed by atoms with Gasteiger partial charge < -0.3 is 4.74 Å². The Morgan fingerprint density at radius 1 is 0.941 bits per heavy atom. The minimum Gasteiger partial charge on any atom is -0.486 e. The van der Waals surface area contributed by atoms with Gasteiger partial charge in [0.05, 0.1) is 0 Å². The standard InChI is InChI=1S/C31H42F2O/c1-3-5-7-8-9-10-22-11-12-24-19-25(14-13-23(24)18-22)27-20-26-15-16-30(34-17-6-4-2)31(33)28(26)21-29(27)32/h4,6,15-16,20-25H,3,5,7-14,17-19H2,1-2H3/b6-4+. The molecule has 4 unspecified atom stereocenters. The van der Waals surface area contributed by atoms with Gasteiger partial charge in [0.25, 0.3) is 0 Å². The Balaban J connectivity index is 1.38. The summed E-state index contributed by atoms with van der Waals surface area (Å²) >= 11 is 0. The number of benzene rings is 2. The average Bonchev–Trinajstić information content (AvgIpc) is 2.85. The summed E-state index contributed by atoms with van der Waals surface area (Å²) in [5.74, 6) is 2.16. The van der Waals surface area contributed by atoms with Crippen LogP contribution in [0.5, 0.6) is 5.75 Å². The van der Waals surface area contributed by atoms with Crippen molar-refractivity contribution in [1.29, 1.82) is 0 Å². The van der Waals surface area contributed by atoms with Gasteiger partial charge in [-0.2, -0.15) is 0 Å². The maximum absolute atomic E-state index is 15.2. The molecule has 3 heteroatoms. The predicted octanol–water partition coefficient (Wildman–Crippen LogP) is 9.73. The molecule has 4 rings (SSSR count). The molecule has 2 aromatic carbocycles. The van der Waals surface area contributed by atoms with Gasteiger partial charge in [0.1, 0.15) is 12.4 Å². The van der Waals surface area contributed by atoms with Crippen LogP contribution >= 0.6 is 0 Å². The summed E-state index contributed by atoms with van der Waals surface area (Å²) in [5, 5.41) is 1.08. The molecule has 2 aromatic rings. The fourth-order valence-corrected chi connectivity index (χ4v) is 6.53. The number of ether oxygens (including phenoxy) is 1. The zero-order valence-corrected chi connectivity index (χ0v) is 21.1. The van der Waals surface area contributed by atoms with Crippen LogP contribution in [0.15, 0.2) is 36.4 Å². The summed E-state index contributed by atoms with van der Waals surface area (Å²) < 4.78 is 35.7. The second kappa shape index (κ2) is 12.2. The van der Waals surface area contributed by atoms with Crippen molar-refractivity contribution in [2.75, 3.05) is 6.61 Å². The normalized spacial score (nSPS) is 25.1. The number of halogens is 2. The third-order valence-corrected chi connectivity index (χ3v) is 8.48. The zero-order valence-electron chi connectivity index (χ0n) is 21.1. The van der Waals surface area contributed by atoms with E-state index in [1.54, 1.807) is 6.07 Å². The Kier molecular flexibility index (Phi) is 9.03. The second-order valence-electron chi connectivity index (χ2n) is 10.8. The van der Waals surface area contributed by atoms with E-state index >= 15 is 4.39 Å². The second-order valence-corrected chi connectivity index (χ2v) is 10.8. The molecule has 1 nitrogen and oxygen atoms in total. The summed E-state index contributed by atoms with van der Waals surface area (Å²) in [6, 6.07) is 6.83. The Hall–Kier alpha value is -1.90. The van der Waals surface area contributed by atoms with Crippen molar-refractivity contribution in [3.63, 3.8) is 0 Å². The van der Waals surface area contributed by atoms with Gasteiger partial charge >= 0.3 is 0 Å². The molecule has 0 N–H and O–H groups in total. The van der Waals surface area contributed by atoms with E-state index in [9.17, 15) is 4.39 Å². The van der Waals surface area contributed by atoms with E-state index in [4.69, 9.17) is 4.74 Å². The molecule has 0 radical (unpaired) electrons. The first-order valence-corrected chi connectivity index (χ1v) is 13.8. The van der Waals surface area contributed by atoms with Gasteiger partial charge in [0.2, 0.25) is 0 Å². The maximum Gasteiger partial charge on any atom is 0.172 e. The summed E-state index contributed by atoms with van der Waals surface area (Å²) in [6.07, 6.45) is 19.3. The molecule has 186 valence electrons. The van der Waals surface area contributed by atoms with E-state index in [0.717, 1.165) is 41.5 Å². The minimum atomic E-state index is -0.468. The molecule has 0 amide bonds. The van der Waals surface area contributed by atoms with Crippen LogP contribution < -0.4 is 4.74 Å². The first-order valence-electron chi connectivity index (χ1n) is 13.8. The maximum atomic E-state index is 15.2. The van der Waals surface area contributed by atoms with E-state index in [2.05, 4.69) is 6.92 Å². The highest BCUT2D eigenvalue weighted by molar-refractivity contribution is 5.85. The van der Waals surface area contributed by atoms with Crippen LogP contribution in [0.3, 0.4) is 0 Å². The zero-order chi connectivity index (χ0) is 23.9. The van der Waals surface area contributed by atoms with Gasteiger partial charge in [0.15, 0.2) is 11.6 Å². The van der Waals surface area contributed by atoms with Gasteiger partial charge in [-0.05, 0) is 91.8 Å². The van der Waals surface area contributed by atoms with Crippen LogP contribution in [-0.2, 0) is 0 Å². The van der Waals surface area contributed by atoms with Crippen LogP contribution in [0.25, 0.3) is 10.8 Å². The van der Waals surface area contributed by atoms with Gasteiger partial charge in [0, 0.05) is 5.39 Å². The van der Waals surface area contributed by atoms with E-state index in [0.29, 0.717) is 12.0 Å². The number of fused-ring (bicyclic) bond motifs is 2. The van der Waals surface area contributed by atoms with Crippen LogP contribution in [0.2, 0.25) is 0 Å². The molecule has 2 fully saturated rings. The summed E-state index contributed by atoms with van der Waals surface area (Å²) in [4.78, 5) is 0. The fraction of sp³-hybridized carbons (Fsp3) is 0.613. The van der Waals surface area contributed by atoms with Crippen molar-refractivity contribution >= 4 is 10.8 Å². The topological polar surface area (TPSA) is 9.23 Å². The molecule has 0 saturated heterocycles. The van der Waals surface area contributed by atoms with E-state index in [1.807, 2.05) is 31.2 Å². The highest BCUT2D eigenvalue weighted by Gasteiger charge is 2.36. The number of hydrogen-bond donors (Lipinski definition) is 0. The lowest BCUT2D eigenvalue weighted by Gasteiger charge is -2.42. The number of allylic oxidation sites excluding steroid dienone is 1. The van der Waals surface area contributed by atoms with Crippen LogP contribution in [0.1, 0.15) is 102 Å². The number of unbranched alkanes of at least 4 members (excludes halogenated alkanes) is 4. The van der Waals surface area contributed by atoms with E-state index < -0.39 is 5.82 Å². The first kappa shape index (κ1) is 25.2. The summed E-state index contributed by atoms with van der Waals surface area (Å²) in [5.41, 5.74) is 0.783. The van der Waals surface area contributed by atoms with Crippen LogP contribution in [0, 0.1) is 29.4 Å². The van der Waals surface area contributed by atoms with E-state index in [1.165, 1.54) is 70.3 Å². The molecule has 0 heterocycles. The van der Waals surface area contributed by atoms with Gasteiger partial charge in [-0.15, -0.1) is 0 Å². The molecular weight excluding hydrogens is 426 g/mol. The molecular formula is C31H42F2O. The smallest absolute Gasteiger partial charge is 0.172 e. The lowest BCUT2D eigenvalue weighted by molar-refractivity contribution is 0.112. The molecule has 2 aliphatic rings. The molecule has 4 atom stereocenters. The Morgan fingerprint density at radius 2 is 1.74 bits per heavy atom. The molecule has 2 saturated carbocycles. The molecule has 0 aliphatic heterocycles. The molecule has 0 spiro atoms. The highest BCUT2D eigenvalue weighted by Crippen LogP contribution is 2.49. The quantitative estimate of drug-likeness (QED) is 0.249. The fourth-order valence-electron chi connectivity index (χ4n) is 6.53. The number of rotatable bonds is 10. The molecule has 34 heavy (non-hydrogen) atoms. The van der Waals surface area contributed by atoms with Crippen molar-refractivity contribution in [3.05, 3.63) is 53.6 Å². The Labute approximate surface area is 205 Å². The SMILES string of the molecule is C/C=C/COc1ccc2cc(C3CCC4CC(CCCCCCC)CCC4C3)c(F)cc2c1F. The Morgan fingerprint density at radius 3 is 2.56 bits per heavy atom. The van der Waals surface area contributed by atoms with Crippen molar-refractivity contribution in [3.8, 4) is 5.75 Å². The number of hydrogen-bond acceptors (Lipinski definition) is 1. The minimum absolute atomic E-state index is 0.181. The third kappa shape index (κ3) is 6.01. The highest BCUT2D eigenvalue weighted by atomic mass is 19.1. The molecule has 2 aliphatic carbocycles. The summed E-state index contributed by atoms with van der Waals surface area (Å²) in [6.45, 7) is 4.48.